The molecule has 1 atom stereocenters. The second-order valence-corrected chi connectivity index (χ2v) is 8.61. The van der Waals surface area contributed by atoms with Gasteiger partial charge in [0.15, 0.2) is 0 Å². The van der Waals surface area contributed by atoms with Crippen molar-refractivity contribution in [2.75, 3.05) is 25.6 Å². The van der Waals surface area contributed by atoms with Gasteiger partial charge in [-0.05, 0) is 38.5 Å². The van der Waals surface area contributed by atoms with E-state index >= 15 is 0 Å². The lowest BCUT2D eigenvalue weighted by Crippen LogP contribution is -2.33. The fraction of sp³-hybridized carbons (Fsp3) is 0.320. The molecule has 1 amide bonds. The maximum atomic E-state index is 13.1. The summed E-state index contributed by atoms with van der Waals surface area (Å²) < 4.78 is 10.1. The van der Waals surface area contributed by atoms with E-state index in [4.69, 9.17) is 21.1 Å². The van der Waals surface area contributed by atoms with Crippen LogP contribution in [-0.2, 0) is 14.3 Å². The lowest BCUT2D eigenvalue weighted by molar-refractivity contribution is -0.148. The molecule has 8 nitrogen and oxygen atoms in total. The van der Waals surface area contributed by atoms with Gasteiger partial charge < -0.3 is 25.1 Å². The van der Waals surface area contributed by atoms with Gasteiger partial charge in [-0.15, -0.1) is 0 Å². The number of anilines is 1. The van der Waals surface area contributed by atoms with Gasteiger partial charge in [0.25, 0.3) is 5.91 Å². The van der Waals surface area contributed by atoms with Crippen molar-refractivity contribution >= 4 is 29.3 Å². The maximum absolute atomic E-state index is 13.1. The third-order valence-electron chi connectivity index (χ3n) is 4.95. The Morgan fingerprint density at radius 3 is 2.71 bits per heavy atom. The number of H-pyrrole nitrogens is 1. The minimum atomic E-state index is -0.536. The van der Waals surface area contributed by atoms with Crippen molar-refractivity contribution in [3.8, 4) is 11.1 Å². The number of benzene rings is 1. The van der Waals surface area contributed by atoms with Crippen LogP contribution in [0.1, 0.15) is 41.5 Å². The van der Waals surface area contributed by atoms with Crippen LogP contribution < -0.4 is 10.6 Å². The summed E-state index contributed by atoms with van der Waals surface area (Å²) in [6.07, 6.45) is 3.30. The van der Waals surface area contributed by atoms with Crippen LogP contribution >= 0.6 is 11.6 Å². The Morgan fingerprint density at radius 1 is 1.21 bits per heavy atom. The molecular formula is C25H29ClN4O4. The fourth-order valence-electron chi connectivity index (χ4n) is 3.40. The first kappa shape index (κ1) is 25.3. The summed E-state index contributed by atoms with van der Waals surface area (Å²) in [7, 11) is 1.42. The van der Waals surface area contributed by atoms with Crippen LogP contribution in [-0.4, -0.2) is 48.2 Å². The van der Waals surface area contributed by atoms with E-state index in [0.29, 0.717) is 16.5 Å². The molecule has 0 fully saturated rings. The van der Waals surface area contributed by atoms with Gasteiger partial charge in [0, 0.05) is 36.7 Å². The molecule has 1 aromatic carbocycles. The molecule has 3 N–H and O–H groups in total. The number of pyridine rings is 1. The van der Waals surface area contributed by atoms with Crippen LogP contribution in [0.2, 0.25) is 5.02 Å². The molecule has 2 heterocycles. The number of carbonyl (C=O) groups is 2. The highest BCUT2D eigenvalue weighted by Crippen LogP contribution is 2.30. The average molecular weight is 485 g/mol. The number of hydrogen-bond acceptors (Lipinski definition) is 6. The summed E-state index contributed by atoms with van der Waals surface area (Å²) in [6.45, 7) is 5.81. The van der Waals surface area contributed by atoms with Gasteiger partial charge in [-0.1, -0.05) is 41.4 Å². The monoisotopic (exact) mass is 484 g/mol. The number of halogens is 1. The topological polar surface area (TPSA) is 105 Å². The van der Waals surface area contributed by atoms with Gasteiger partial charge in [0.05, 0.1) is 11.1 Å². The smallest absolute Gasteiger partial charge is 0.332 e. The largest absolute Gasteiger partial charge is 0.461 e. The van der Waals surface area contributed by atoms with E-state index in [1.165, 1.54) is 7.11 Å². The Balaban J connectivity index is 1.79. The van der Waals surface area contributed by atoms with E-state index in [-0.39, 0.29) is 25.2 Å². The molecule has 0 aliphatic heterocycles. The molecule has 0 saturated carbocycles. The number of methoxy groups -OCH3 is 1. The highest BCUT2D eigenvalue weighted by atomic mass is 35.5. The Kier molecular flexibility index (Phi) is 8.67. The molecule has 0 aliphatic rings. The summed E-state index contributed by atoms with van der Waals surface area (Å²) in [6, 6.07) is 10.9. The third-order valence-corrected chi connectivity index (χ3v) is 5.25. The van der Waals surface area contributed by atoms with Crippen molar-refractivity contribution in [1.29, 1.82) is 0 Å². The molecule has 34 heavy (non-hydrogen) atoms. The molecule has 0 radical (unpaired) electrons. The fourth-order valence-corrected chi connectivity index (χ4v) is 3.61. The number of aromatic nitrogens is 2. The van der Waals surface area contributed by atoms with Crippen molar-refractivity contribution in [3.05, 3.63) is 70.6 Å². The number of aryl methyl sites for hydroxylation is 1. The minimum absolute atomic E-state index is 0.0225. The molecule has 0 saturated heterocycles. The second-order valence-electron chi connectivity index (χ2n) is 8.21. The Bertz CT molecular complexity index is 1150. The number of carbonyl (C=O) groups excluding carboxylic acids is 2. The molecular weight excluding hydrogens is 456 g/mol. The van der Waals surface area contributed by atoms with Crippen molar-refractivity contribution in [2.45, 2.75) is 32.9 Å². The zero-order valence-electron chi connectivity index (χ0n) is 19.6. The van der Waals surface area contributed by atoms with E-state index in [2.05, 4.69) is 20.6 Å². The van der Waals surface area contributed by atoms with Crippen LogP contribution in [0.3, 0.4) is 0 Å². The SMILES string of the molecule is COCC(=O)OC[C@@H](NC(=O)c1cc(-c2cc(NC(C)C)ncc2Cl)c[nH]1)c1cccc(C)c1. The minimum Gasteiger partial charge on any atom is -0.461 e. The Morgan fingerprint density at radius 2 is 2.00 bits per heavy atom. The number of nitrogens with zero attached hydrogens (tertiary/aromatic N) is 1. The highest BCUT2D eigenvalue weighted by Gasteiger charge is 2.20. The van der Waals surface area contributed by atoms with Crippen LogP contribution in [0.25, 0.3) is 11.1 Å². The maximum Gasteiger partial charge on any atom is 0.332 e. The van der Waals surface area contributed by atoms with Crippen molar-refractivity contribution < 1.29 is 19.1 Å². The molecule has 2 aromatic heterocycles. The standard InChI is InChI=1S/C25H29ClN4O4/c1-15(2)29-23-10-19(20(26)12-28-23)18-9-21(27-11-18)25(32)30-22(13-34-24(31)14-33-4)17-7-5-6-16(3)8-17/h5-12,15,22,27H,13-14H2,1-4H3,(H,28,29)(H,30,32)/t22-/m1/s1. The number of nitrogens with one attached hydrogen (secondary N) is 3. The number of ether oxygens (including phenoxy) is 2. The van der Waals surface area contributed by atoms with Crippen LogP contribution in [0.5, 0.6) is 0 Å². The highest BCUT2D eigenvalue weighted by molar-refractivity contribution is 6.33. The average Bonchev–Trinajstić information content (AvgIpc) is 3.28. The summed E-state index contributed by atoms with van der Waals surface area (Å²) in [5.41, 5.74) is 3.70. The summed E-state index contributed by atoms with van der Waals surface area (Å²) in [4.78, 5) is 32.2. The van der Waals surface area contributed by atoms with Crippen molar-refractivity contribution in [3.63, 3.8) is 0 Å². The van der Waals surface area contributed by atoms with Gasteiger partial charge in [0.2, 0.25) is 0 Å². The normalized spacial score (nSPS) is 11.8. The molecule has 0 aliphatic carbocycles. The molecule has 0 spiro atoms. The zero-order valence-corrected chi connectivity index (χ0v) is 20.4. The summed E-state index contributed by atoms with van der Waals surface area (Å²) >= 11 is 6.37. The molecule has 180 valence electrons. The van der Waals surface area contributed by atoms with Crippen molar-refractivity contribution in [2.24, 2.45) is 0 Å². The lowest BCUT2D eigenvalue weighted by Gasteiger charge is -2.19. The number of amides is 1. The third kappa shape index (κ3) is 6.82. The Labute approximate surface area is 204 Å². The van der Waals surface area contributed by atoms with Gasteiger partial charge in [-0.2, -0.15) is 0 Å². The first-order chi connectivity index (χ1) is 16.3. The number of esters is 1. The second kappa shape index (κ2) is 11.7. The first-order valence-electron chi connectivity index (χ1n) is 10.9. The first-order valence-corrected chi connectivity index (χ1v) is 11.3. The summed E-state index contributed by atoms with van der Waals surface area (Å²) in [5, 5.41) is 6.66. The van der Waals surface area contributed by atoms with Crippen LogP contribution in [0.15, 0.2) is 48.8 Å². The van der Waals surface area contributed by atoms with E-state index < -0.39 is 12.0 Å². The number of rotatable bonds is 10. The quantitative estimate of drug-likeness (QED) is 0.365. The molecule has 0 unspecified atom stereocenters. The van der Waals surface area contributed by atoms with Gasteiger partial charge in [-0.3, -0.25) is 4.79 Å². The van der Waals surface area contributed by atoms with Crippen molar-refractivity contribution in [1.82, 2.24) is 15.3 Å². The van der Waals surface area contributed by atoms with Gasteiger partial charge in [0.1, 0.15) is 24.7 Å². The van der Waals surface area contributed by atoms with E-state index in [9.17, 15) is 9.59 Å². The molecule has 3 rings (SSSR count). The van der Waals surface area contributed by atoms with E-state index in [1.54, 1.807) is 18.5 Å². The Hall–Kier alpha value is -3.36. The van der Waals surface area contributed by atoms with Crippen LogP contribution in [0.4, 0.5) is 5.82 Å². The lowest BCUT2D eigenvalue weighted by atomic mass is 10.0. The molecule has 3 aromatic rings. The van der Waals surface area contributed by atoms with Gasteiger partial charge >= 0.3 is 5.97 Å². The van der Waals surface area contributed by atoms with Gasteiger partial charge in [-0.25, -0.2) is 9.78 Å². The van der Waals surface area contributed by atoms with E-state index in [1.807, 2.05) is 51.1 Å². The van der Waals surface area contributed by atoms with E-state index in [0.717, 1.165) is 22.3 Å². The molecule has 0 bridgehead atoms. The molecule has 9 heteroatoms. The summed E-state index contributed by atoms with van der Waals surface area (Å²) in [5.74, 6) is -0.153. The zero-order chi connectivity index (χ0) is 24.7. The number of aromatic amines is 1. The number of hydrogen-bond donors (Lipinski definition) is 3. The predicted molar refractivity (Wildman–Crippen MR) is 132 cm³/mol. The van der Waals surface area contributed by atoms with Crippen LogP contribution in [0, 0.1) is 6.92 Å². The predicted octanol–water partition coefficient (Wildman–Crippen LogP) is 4.52.